The molecule has 0 spiro atoms. The number of carbonyl (C=O) groups is 1. The van der Waals surface area contributed by atoms with Crippen LogP contribution in [0.5, 0.6) is 0 Å². The van der Waals surface area contributed by atoms with Crippen LogP contribution in [0.15, 0.2) is 60.8 Å². The molecule has 0 radical (unpaired) electrons. The number of carbonyl (C=O) groups excluding carboxylic acids is 1. The molecule has 0 aliphatic rings. The molecule has 0 saturated carbocycles. The molecule has 0 unspecified atom stereocenters. The number of pyridine rings is 1. The number of amides is 1. The van der Waals surface area contributed by atoms with E-state index in [0.717, 1.165) is 16.5 Å². The van der Waals surface area contributed by atoms with Crippen molar-refractivity contribution in [1.82, 2.24) is 10.3 Å². The molecule has 2 aromatic carbocycles. The molecule has 120 valence electrons. The second kappa shape index (κ2) is 6.87. The molecule has 0 bridgehead atoms. The molecule has 0 aliphatic carbocycles. The van der Waals surface area contributed by atoms with Crippen LogP contribution in [-0.4, -0.2) is 22.4 Å². The fourth-order valence-electron chi connectivity index (χ4n) is 2.54. The fraction of sp³-hybridized carbons (Fsp3) is 0.111. The molecule has 0 saturated heterocycles. The first kappa shape index (κ1) is 15.6. The van der Waals surface area contributed by atoms with E-state index < -0.39 is 4.92 Å². The van der Waals surface area contributed by atoms with Crippen LogP contribution in [0.25, 0.3) is 10.9 Å². The smallest absolute Gasteiger partial charge is 0.270 e. The summed E-state index contributed by atoms with van der Waals surface area (Å²) in [5.74, 6) is -0.327. The van der Waals surface area contributed by atoms with Crippen LogP contribution in [0.3, 0.4) is 0 Å². The van der Waals surface area contributed by atoms with Gasteiger partial charge >= 0.3 is 0 Å². The van der Waals surface area contributed by atoms with E-state index in [2.05, 4.69) is 10.3 Å². The van der Waals surface area contributed by atoms with Crippen molar-refractivity contribution < 1.29 is 9.72 Å². The average molecular weight is 321 g/mol. The van der Waals surface area contributed by atoms with Crippen molar-refractivity contribution in [3.8, 4) is 0 Å². The minimum atomic E-state index is -0.515. The third-order valence-corrected chi connectivity index (χ3v) is 3.72. The van der Waals surface area contributed by atoms with Gasteiger partial charge in [-0.3, -0.25) is 19.9 Å². The zero-order valence-electron chi connectivity index (χ0n) is 12.8. The molecule has 6 nitrogen and oxygen atoms in total. The monoisotopic (exact) mass is 321 g/mol. The number of nitrogens with zero attached hydrogens (tertiary/aromatic N) is 2. The third-order valence-electron chi connectivity index (χ3n) is 3.72. The lowest BCUT2D eigenvalue weighted by atomic mass is 10.1. The Morgan fingerprint density at radius 1 is 1.12 bits per heavy atom. The van der Waals surface area contributed by atoms with Crippen LogP contribution in [0, 0.1) is 10.1 Å². The largest absolute Gasteiger partial charge is 0.352 e. The zero-order chi connectivity index (χ0) is 16.9. The molecule has 0 fully saturated rings. The van der Waals surface area contributed by atoms with Gasteiger partial charge in [0.1, 0.15) is 0 Å². The summed E-state index contributed by atoms with van der Waals surface area (Å²) in [4.78, 5) is 26.8. The summed E-state index contributed by atoms with van der Waals surface area (Å²) in [5, 5.41) is 14.6. The molecule has 1 heterocycles. The van der Waals surface area contributed by atoms with Crippen LogP contribution >= 0.6 is 0 Å². The molecule has 1 N–H and O–H groups in total. The van der Waals surface area contributed by atoms with Crippen LogP contribution in [-0.2, 0) is 6.42 Å². The van der Waals surface area contributed by atoms with Gasteiger partial charge in [-0.25, -0.2) is 0 Å². The maximum Gasteiger partial charge on any atom is 0.270 e. The van der Waals surface area contributed by atoms with Gasteiger partial charge in [0.15, 0.2) is 0 Å². The summed E-state index contributed by atoms with van der Waals surface area (Å²) in [6.45, 7) is 0.428. The number of rotatable bonds is 5. The summed E-state index contributed by atoms with van der Waals surface area (Å²) in [6.07, 6.45) is 2.38. The molecule has 0 aliphatic heterocycles. The van der Waals surface area contributed by atoms with Gasteiger partial charge in [-0.15, -0.1) is 0 Å². The van der Waals surface area contributed by atoms with Crippen molar-refractivity contribution >= 4 is 22.5 Å². The van der Waals surface area contributed by atoms with Crippen molar-refractivity contribution in [3.63, 3.8) is 0 Å². The Labute approximate surface area is 138 Å². The van der Waals surface area contributed by atoms with Gasteiger partial charge in [0, 0.05) is 35.8 Å². The number of non-ortho nitro benzene ring substituents is 1. The third kappa shape index (κ3) is 3.38. The fourth-order valence-corrected chi connectivity index (χ4v) is 2.54. The Morgan fingerprint density at radius 2 is 1.92 bits per heavy atom. The van der Waals surface area contributed by atoms with Crippen molar-refractivity contribution in [2.24, 2.45) is 0 Å². The highest BCUT2D eigenvalue weighted by molar-refractivity contribution is 5.94. The molecule has 1 aromatic heterocycles. The van der Waals surface area contributed by atoms with Crippen LogP contribution in [0.2, 0.25) is 0 Å². The number of aromatic nitrogens is 1. The number of nitro groups is 1. The predicted octanol–water partition coefficient (Wildman–Crippen LogP) is 3.12. The summed E-state index contributed by atoms with van der Waals surface area (Å²) in [5.41, 5.74) is 2.15. The molecular weight excluding hydrogens is 306 g/mol. The standard InChI is InChI=1S/C18H15N3O3/c22-18(15-6-2-8-16(12-15)21(23)24)20-11-9-14-5-1-4-13-7-3-10-19-17(13)14/h1-8,10,12H,9,11H2,(H,20,22). The highest BCUT2D eigenvalue weighted by Gasteiger charge is 2.11. The van der Waals surface area contributed by atoms with E-state index in [1.54, 1.807) is 12.3 Å². The number of hydrogen-bond donors (Lipinski definition) is 1. The number of nitrogens with one attached hydrogen (secondary N) is 1. The van der Waals surface area contributed by atoms with Gasteiger partial charge in [-0.1, -0.05) is 30.3 Å². The Morgan fingerprint density at radius 3 is 2.75 bits per heavy atom. The lowest BCUT2D eigenvalue weighted by Gasteiger charge is -2.07. The topological polar surface area (TPSA) is 85.1 Å². The Bertz CT molecular complexity index is 903. The lowest BCUT2D eigenvalue weighted by molar-refractivity contribution is -0.384. The van der Waals surface area contributed by atoms with Gasteiger partial charge in [0.2, 0.25) is 0 Å². The van der Waals surface area contributed by atoms with E-state index >= 15 is 0 Å². The second-order valence-corrected chi connectivity index (χ2v) is 5.31. The van der Waals surface area contributed by atoms with E-state index in [1.165, 1.54) is 18.2 Å². The van der Waals surface area contributed by atoms with E-state index in [4.69, 9.17) is 0 Å². The number of benzene rings is 2. The first-order valence-corrected chi connectivity index (χ1v) is 7.50. The van der Waals surface area contributed by atoms with Crippen molar-refractivity contribution in [1.29, 1.82) is 0 Å². The molecule has 1 amide bonds. The maximum absolute atomic E-state index is 12.1. The minimum Gasteiger partial charge on any atom is -0.352 e. The summed E-state index contributed by atoms with van der Waals surface area (Å²) < 4.78 is 0. The number of hydrogen-bond acceptors (Lipinski definition) is 4. The molecular formula is C18H15N3O3. The van der Waals surface area contributed by atoms with Gasteiger partial charge in [-0.2, -0.15) is 0 Å². The zero-order valence-corrected chi connectivity index (χ0v) is 12.8. The van der Waals surface area contributed by atoms with Gasteiger partial charge in [0.05, 0.1) is 10.4 Å². The van der Waals surface area contributed by atoms with Crippen molar-refractivity contribution in [2.45, 2.75) is 6.42 Å². The van der Waals surface area contributed by atoms with Crippen molar-refractivity contribution in [3.05, 3.63) is 82.0 Å². The van der Waals surface area contributed by atoms with Gasteiger partial charge in [-0.05, 0) is 24.1 Å². The molecule has 6 heteroatoms. The first-order valence-electron chi connectivity index (χ1n) is 7.50. The van der Waals surface area contributed by atoms with E-state index in [9.17, 15) is 14.9 Å². The highest BCUT2D eigenvalue weighted by Crippen LogP contribution is 2.16. The van der Waals surface area contributed by atoms with Gasteiger partial charge in [0.25, 0.3) is 11.6 Å². The summed E-state index contributed by atoms with van der Waals surface area (Å²) in [6, 6.07) is 15.5. The number of fused-ring (bicyclic) bond motifs is 1. The number of nitro benzene ring substituents is 1. The summed E-state index contributed by atoms with van der Waals surface area (Å²) in [7, 11) is 0. The predicted molar refractivity (Wildman–Crippen MR) is 90.9 cm³/mol. The minimum absolute atomic E-state index is 0.0964. The molecule has 24 heavy (non-hydrogen) atoms. The van der Waals surface area contributed by atoms with Crippen LogP contribution in [0.1, 0.15) is 15.9 Å². The number of para-hydroxylation sites is 1. The SMILES string of the molecule is O=C(NCCc1cccc2cccnc12)c1cccc([N+](=O)[O-])c1. The van der Waals surface area contributed by atoms with Crippen molar-refractivity contribution in [2.75, 3.05) is 6.54 Å². The maximum atomic E-state index is 12.1. The first-order chi connectivity index (χ1) is 11.6. The molecule has 0 atom stereocenters. The van der Waals surface area contributed by atoms with E-state index in [0.29, 0.717) is 13.0 Å². The Kier molecular flexibility index (Phi) is 4.47. The second-order valence-electron chi connectivity index (χ2n) is 5.31. The van der Waals surface area contributed by atoms with E-state index in [1.807, 2.05) is 30.3 Å². The molecule has 3 aromatic rings. The summed E-state index contributed by atoms with van der Waals surface area (Å²) >= 11 is 0. The van der Waals surface area contributed by atoms with Crippen LogP contribution in [0.4, 0.5) is 5.69 Å². The van der Waals surface area contributed by atoms with Gasteiger partial charge < -0.3 is 5.32 Å². The normalized spacial score (nSPS) is 10.5. The van der Waals surface area contributed by atoms with Crippen LogP contribution < -0.4 is 5.32 Å². The highest BCUT2D eigenvalue weighted by atomic mass is 16.6. The average Bonchev–Trinajstić information content (AvgIpc) is 2.62. The lowest BCUT2D eigenvalue weighted by Crippen LogP contribution is -2.25. The Balaban J connectivity index is 1.66. The Hall–Kier alpha value is -3.28. The molecule has 3 rings (SSSR count). The van der Waals surface area contributed by atoms with E-state index in [-0.39, 0.29) is 17.2 Å². The quantitative estimate of drug-likeness (QED) is 0.578.